The van der Waals surface area contributed by atoms with Crippen LogP contribution in [-0.4, -0.2) is 57.7 Å². The molecule has 0 radical (unpaired) electrons. The number of carbonyl (C=O) groups excluding carboxylic acids is 1. The van der Waals surface area contributed by atoms with Gasteiger partial charge in [-0.3, -0.25) is 4.79 Å². The minimum atomic E-state index is 0.729. The number of methoxy groups -OCH3 is 2. The maximum atomic E-state index is 10.0. The molecule has 7 nitrogen and oxygen atoms in total. The molecule has 0 fully saturated rings. The van der Waals surface area contributed by atoms with Crippen molar-refractivity contribution >= 4 is 28.7 Å². The van der Waals surface area contributed by atoms with E-state index in [4.69, 9.17) is 9.72 Å². The van der Waals surface area contributed by atoms with Crippen molar-refractivity contribution < 1.29 is 14.3 Å². The first-order valence-corrected chi connectivity index (χ1v) is 14.4. The fourth-order valence-corrected chi connectivity index (χ4v) is 4.13. The highest BCUT2D eigenvalue weighted by molar-refractivity contribution is 5.90. The molecule has 5 rings (SSSR count). The minimum absolute atomic E-state index is 0.729. The second-order valence-corrected chi connectivity index (χ2v) is 9.71. The van der Waals surface area contributed by atoms with Crippen molar-refractivity contribution in [3.05, 3.63) is 108 Å². The molecule has 0 aliphatic heterocycles. The van der Waals surface area contributed by atoms with Gasteiger partial charge in [0, 0.05) is 45.5 Å². The number of hydrogen-bond donors (Lipinski definition) is 2. The Morgan fingerprint density at radius 2 is 1.40 bits per heavy atom. The first-order chi connectivity index (χ1) is 20.8. The van der Waals surface area contributed by atoms with Crippen molar-refractivity contribution in [1.29, 1.82) is 0 Å². The fraction of sp³-hybridized carbons (Fsp3) is 0.278. The van der Waals surface area contributed by atoms with E-state index in [1.165, 1.54) is 16.8 Å². The van der Waals surface area contributed by atoms with Crippen molar-refractivity contribution in [3.63, 3.8) is 0 Å². The molecule has 228 valence electrons. The van der Waals surface area contributed by atoms with Gasteiger partial charge in [0.05, 0.1) is 29.5 Å². The lowest BCUT2D eigenvalue weighted by Crippen LogP contribution is -2.22. The van der Waals surface area contributed by atoms with Gasteiger partial charge in [-0.15, -0.1) is 0 Å². The number of benzene rings is 4. The average molecular weight is 583 g/mol. The summed E-state index contributed by atoms with van der Waals surface area (Å²) in [6.07, 6.45) is 0.833. The van der Waals surface area contributed by atoms with Crippen LogP contribution in [0, 0.1) is 13.8 Å². The minimum Gasteiger partial charge on any atom is -0.497 e. The Bertz CT molecular complexity index is 1460. The summed E-state index contributed by atoms with van der Waals surface area (Å²) in [6.45, 7) is 10.5. The first-order valence-electron chi connectivity index (χ1n) is 14.4. The van der Waals surface area contributed by atoms with Gasteiger partial charge in [0.25, 0.3) is 0 Å². The van der Waals surface area contributed by atoms with Gasteiger partial charge in [-0.05, 0) is 64.1 Å². The molecular formula is C36H46N4O3. The van der Waals surface area contributed by atoms with Crippen molar-refractivity contribution in [3.8, 4) is 17.1 Å². The van der Waals surface area contributed by atoms with Gasteiger partial charge in [-0.1, -0.05) is 65.7 Å². The van der Waals surface area contributed by atoms with E-state index in [-0.39, 0.29) is 0 Å². The molecule has 43 heavy (non-hydrogen) atoms. The zero-order valence-corrected chi connectivity index (χ0v) is 26.8. The third-order valence-electron chi connectivity index (χ3n) is 6.49. The molecule has 5 aromatic rings. The second kappa shape index (κ2) is 18.7. The van der Waals surface area contributed by atoms with Crippen LogP contribution in [0.15, 0.2) is 91.0 Å². The Labute approximate surface area is 256 Å². The number of hydrogen-bond acceptors (Lipinski definition) is 6. The molecule has 0 unspecified atom stereocenters. The van der Waals surface area contributed by atoms with Gasteiger partial charge in [-0.2, -0.15) is 0 Å². The van der Waals surface area contributed by atoms with Gasteiger partial charge in [0.2, 0.25) is 0 Å². The van der Waals surface area contributed by atoms with Crippen LogP contribution in [0.25, 0.3) is 22.4 Å². The van der Waals surface area contributed by atoms with Gasteiger partial charge in [0.1, 0.15) is 17.9 Å². The van der Waals surface area contributed by atoms with Crippen molar-refractivity contribution in [2.24, 2.45) is 0 Å². The lowest BCUT2D eigenvalue weighted by molar-refractivity contribution is 0.112. The van der Waals surface area contributed by atoms with Crippen molar-refractivity contribution in [1.82, 2.24) is 9.97 Å². The third kappa shape index (κ3) is 10.9. The molecule has 1 heterocycles. The van der Waals surface area contributed by atoms with Gasteiger partial charge >= 0.3 is 0 Å². The van der Waals surface area contributed by atoms with E-state index in [0.29, 0.717) is 0 Å². The van der Waals surface area contributed by atoms with E-state index in [2.05, 4.69) is 84.0 Å². The predicted octanol–water partition coefficient (Wildman–Crippen LogP) is 8.19. The summed E-state index contributed by atoms with van der Waals surface area (Å²) in [7, 11) is 6.87. The standard InChI is InChI=1S/C19H24N4O.C8H10.C7H6O.C2H6O/c1-5-23(6-2)18-12-16-15(11-17(18)20-3)21-19(22-16)13-7-9-14(24-4)10-8-13;1-7-3-5-8(2)6-4-7;8-6-7-4-2-1-3-5-7;1-3-2/h7-12,20H,5-6H2,1-4H3,(H,21,22);3-6H,1-2H3;1-6H;1-2H3. The smallest absolute Gasteiger partial charge is 0.150 e. The van der Waals surface area contributed by atoms with Crippen molar-refractivity contribution in [2.75, 3.05) is 51.7 Å². The number of nitrogens with zero attached hydrogens (tertiary/aromatic N) is 2. The Hall–Kier alpha value is -4.62. The van der Waals surface area contributed by atoms with E-state index in [1.54, 1.807) is 33.5 Å². The molecule has 0 bridgehead atoms. The summed E-state index contributed by atoms with van der Waals surface area (Å²) in [5, 5.41) is 3.29. The maximum Gasteiger partial charge on any atom is 0.150 e. The molecule has 2 N–H and O–H groups in total. The zero-order valence-electron chi connectivity index (χ0n) is 26.8. The number of rotatable bonds is 7. The number of aldehydes is 1. The van der Waals surface area contributed by atoms with E-state index in [0.717, 1.165) is 58.8 Å². The van der Waals surface area contributed by atoms with Crippen molar-refractivity contribution in [2.45, 2.75) is 27.7 Å². The average Bonchev–Trinajstić information content (AvgIpc) is 3.47. The normalized spacial score (nSPS) is 9.77. The van der Waals surface area contributed by atoms with E-state index >= 15 is 0 Å². The van der Waals surface area contributed by atoms with Crippen LogP contribution < -0.4 is 15.0 Å². The summed E-state index contributed by atoms with van der Waals surface area (Å²) >= 11 is 0. The van der Waals surface area contributed by atoms with Crippen LogP contribution in [0.5, 0.6) is 5.75 Å². The van der Waals surface area contributed by atoms with Gasteiger partial charge < -0.3 is 24.7 Å². The quantitative estimate of drug-likeness (QED) is 0.188. The lowest BCUT2D eigenvalue weighted by atomic mass is 10.2. The molecule has 0 amide bonds. The highest BCUT2D eigenvalue weighted by Crippen LogP contribution is 2.32. The van der Waals surface area contributed by atoms with Crippen LogP contribution in [0.4, 0.5) is 11.4 Å². The molecule has 0 saturated carbocycles. The number of nitrogens with one attached hydrogen (secondary N) is 2. The van der Waals surface area contributed by atoms with Crippen LogP contribution in [0.3, 0.4) is 0 Å². The second-order valence-electron chi connectivity index (χ2n) is 9.71. The molecular weight excluding hydrogens is 536 g/mol. The number of imidazole rings is 1. The topological polar surface area (TPSA) is 79.5 Å². The van der Waals surface area contributed by atoms with Crippen LogP contribution in [0.2, 0.25) is 0 Å². The number of fused-ring (bicyclic) bond motifs is 1. The number of carbonyl (C=O) groups is 1. The fourth-order valence-electron chi connectivity index (χ4n) is 4.13. The summed E-state index contributed by atoms with van der Waals surface area (Å²) in [5.41, 5.74) is 8.72. The summed E-state index contributed by atoms with van der Waals surface area (Å²) in [6, 6.07) is 29.8. The largest absolute Gasteiger partial charge is 0.497 e. The van der Waals surface area contributed by atoms with Crippen LogP contribution in [-0.2, 0) is 4.74 Å². The van der Waals surface area contributed by atoms with Gasteiger partial charge in [0.15, 0.2) is 0 Å². The molecule has 0 atom stereocenters. The highest BCUT2D eigenvalue weighted by Gasteiger charge is 2.13. The van der Waals surface area contributed by atoms with E-state index < -0.39 is 0 Å². The Morgan fingerprint density at radius 3 is 1.84 bits per heavy atom. The molecule has 7 heteroatoms. The molecule has 1 aromatic heterocycles. The van der Waals surface area contributed by atoms with E-state index in [9.17, 15) is 4.79 Å². The molecule has 0 saturated heterocycles. The lowest BCUT2D eigenvalue weighted by Gasteiger charge is -2.23. The number of H-pyrrole nitrogens is 1. The summed E-state index contributed by atoms with van der Waals surface area (Å²) < 4.78 is 9.47. The number of aromatic nitrogens is 2. The SMILES string of the molecule is CCN(CC)c1cc2nc(-c3ccc(OC)cc3)[nH]c2cc1NC.COC.Cc1ccc(C)cc1.O=Cc1ccccc1. The number of anilines is 2. The number of ether oxygens (including phenoxy) is 2. The van der Waals surface area contributed by atoms with Crippen LogP contribution >= 0.6 is 0 Å². The highest BCUT2D eigenvalue weighted by atomic mass is 16.5. The van der Waals surface area contributed by atoms with Gasteiger partial charge in [-0.25, -0.2) is 4.98 Å². The molecule has 4 aromatic carbocycles. The Kier molecular flexibility index (Phi) is 15.1. The van der Waals surface area contributed by atoms with E-state index in [1.807, 2.05) is 49.5 Å². The molecule has 0 aliphatic rings. The third-order valence-corrected chi connectivity index (χ3v) is 6.49. The monoisotopic (exact) mass is 582 g/mol. The van der Waals surface area contributed by atoms with Crippen LogP contribution in [0.1, 0.15) is 35.3 Å². The Balaban J connectivity index is 0.000000275. The number of aryl methyl sites for hydroxylation is 2. The maximum absolute atomic E-state index is 10.0. The number of aromatic amines is 1. The summed E-state index contributed by atoms with van der Waals surface area (Å²) in [5.74, 6) is 1.71. The predicted molar refractivity (Wildman–Crippen MR) is 182 cm³/mol. The molecule has 0 spiro atoms. The summed E-state index contributed by atoms with van der Waals surface area (Å²) in [4.78, 5) is 20.5. The first kappa shape index (κ1) is 34.6. The Morgan fingerprint density at radius 1 is 0.837 bits per heavy atom. The zero-order chi connectivity index (χ0) is 31.6. The molecule has 0 aliphatic carbocycles.